The summed E-state index contributed by atoms with van der Waals surface area (Å²) in [7, 11) is 0. The SMILES string of the molecule is Nc1ncc2c(=O)c(C(=O)ON3C(=O)CCC3=O)c[nH]c2n1. The molecule has 22 heavy (non-hydrogen) atoms. The summed E-state index contributed by atoms with van der Waals surface area (Å²) in [5, 5.41) is 0.397. The van der Waals surface area contributed by atoms with Gasteiger partial charge in [0.1, 0.15) is 11.2 Å². The number of nitrogens with one attached hydrogen (secondary N) is 1. The number of imide groups is 1. The number of rotatable bonds is 2. The minimum Gasteiger partial charge on any atom is -0.368 e. The number of carbonyl (C=O) groups is 3. The average molecular weight is 303 g/mol. The van der Waals surface area contributed by atoms with Gasteiger partial charge in [0.05, 0.1) is 5.39 Å². The van der Waals surface area contributed by atoms with E-state index in [0.29, 0.717) is 5.06 Å². The van der Waals surface area contributed by atoms with E-state index in [1.54, 1.807) is 0 Å². The lowest BCUT2D eigenvalue weighted by Gasteiger charge is -2.12. The fraction of sp³-hybridized carbons (Fsp3) is 0.167. The molecule has 2 amide bonds. The molecular formula is C12H9N5O5. The summed E-state index contributed by atoms with van der Waals surface area (Å²) < 4.78 is 0. The first kappa shape index (κ1) is 13.7. The van der Waals surface area contributed by atoms with Crippen LogP contribution in [0.5, 0.6) is 0 Å². The Morgan fingerprint density at radius 2 is 1.95 bits per heavy atom. The molecule has 1 aliphatic heterocycles. The highest BCUT2D eigenvalue weighted by molar-refractivity contribution is 6.03. The number of nitrogens with two attached hydrogens (primary N) is 1. The molecule has 10 nitrogen and oxygen atoms in total. The molecule has 2 aromatic rings. The largest absolute Gasteiger partial charge is 0.369 e. The van der Waals surface area contributed by atoms with Crippen molar-refractivity contribution in [2.45, 2.75) is 12.8 Å². The van der Waals surface area contributed by atoms with Crippen molar-refractivity contribution in [1.29, 1.82) is 0 Å². The summed E-state index contributed by atoms with van der Waals surface area (Å²) >= 11 is 0. The Labute approximate surface area is 121 Å². The number of H-pyrrole nitrogens is 1. The second-order valence-electron chi connectivity index (χ2n) is 4.48. The minimum absolute atomic E-state index is 0.0303. The third-order valence-electron chi connectivity index (χ3n) is 3.05. The van der Waals surface area contributed by atoms with Gasteiger partial charge in [0.25, 0.3) is 11.8 Å². The Hall–Kier alpha value is -3.30. The summed E-state index contributed by atoms with van der Waals surface area (Å²) in [6.45, 7) is 0. The van der Waals surface area contributed by atoms with E-state index in [4.69, 9.17) is 5.73 Å². The first-order valence-corrected chi connectivity index (χ1v) is 6.19. The van der Waals surface area contributed by atoms with Crippen LogP contribution in [0.2, 0.25) is 0 Å². The maximum absolute atomic E-state index is 12.2. The molecule has 0 saturated carbocycles. The molecule has 3 rings (SSSR count). The van der Waals surface area contributed by atoms with E-state index in [9.17, 15) is 19.2 Å². The number of anilines is 1. The summed E-state index contributed by atoms with van der Waals surface area (Å²) in [6, 6.07) is 0. The van der Waals surface area contributed by atoms with E-state index >= 15 is 0 Å². The van der Waals surface area contributed by atoms with Crippen molar-refractivity contribution in [2.24, 2.45) is 0 Å². The van der Waals surface area contributed by atoms with Gasteiger partial charge >= 0.3 is 5.97 Å². The highest BCUT2D eigenvalue weighted by atomic mass is 16.7. The summed E-state index contributed by atoms with van der Waals surface area (Å²) in [5.41, 5.74) is 4.47. The van der Waals surface area contributed by atoms with Crippen molar-refractivity contribution >= 4 is 34.8 Å². The van der Waals surface area contributed by atoms with E-state index < -0.39 is 23.2 Å². The van der Waals surface area contributed by atoms with Gasteiger partial charge in [0, 0.05) is 25.2 Å². The lowest BCUT2D eigenvalue weighted by atomic mass is 10.2. The van der Waals surface area contributed by atoms with E-state index in [1.165, 1.54) is 6.20 Å². The van der Waals surface area contributed by atoms with E-state index in [-0.39, 0.29) is 35.4 Å². The first-order chi connectivity index (χ1) is 10.5. The number of nitrogens with zero attached hydrogens (tertiary/aromatic N) is 3. The predicted octanol–water partition coefficient (Wildman–Crippen LogP) is -0.879. The van der Waals surface area contributed by atoms with E-state index in [2.05, 4.69) is 19.8 Å². The molecule has 1 fully saturated rings. The van der Waals surface area contributed by atoms with Crippen LogP contribution in [0.1, 0.15) is 23.2 Å². The molecule has 0 radical (unpaired) electrons. The molecule has 0 aromatic carbocycles. The number of fused-ring (bicyclic) bond motifs is 1. The van der Waals surface area contributed by atoms with Gasteiger partial charge in [0.15, 0.2) is 0 Å². The number of aromatic amines is 1. The third kappa shape index (κ3) is 2.16. The maximum Gasteiger partial charge on any atom is 0.369 e. The first-order valence-electron chi connectivity index (χ1n) is 6.19. The Morgan fingerprint density at radius 1 is 1.27 bits per heavy atom. The van der Waals surface area contributed by atoms with Crippen molar-refractivity contribution in [3.63, 3.8) is 0 Å². The number of amides is 2. The van der Waals surface area contributed by atoms with Crippen molar-refractivity contribution in [1.82, 2.24) is 20.0 Å². The lowest BCUT2D eigenvalue weighted by Crippen LogP contribution is -2.33. The van der Waals surface area contributed by atoms with Crippen LogP contribution in [0.4, 0.5) is 5.95 Å². The van der Waals surface area contributed by atoms with Crippen LogP contribution in [0.25, 0.3) is 11.0 Å². The van der Waals surface area contributed by atoms with Crippen LogP contribution >= 0.6 is 0 Å². The smallest absolute Gasteiger partial charge is 0.368 e. The van der Waals surface area contributed by atoms with Crippen LogP contribution in [-0.2, 0) is 14.4 Å². The van der Waals surface area contributed by atoms with Crippen molar-refractivity contribution in [3.05, 3.63) is 28.2 Å². The van der Waals surface area contributed by atoms with Gasteiger partial charge in [0.2, 0.25) is 11.4 Å². The fourth-order valence-corrected chi connectivity index (χ4v) is 1.96. The predicted molar refractivity (Wildman–Crippen MR) is 71.1 cm³/mol. The molecule has 3 N–H and O–H groups in total. The topological polar surface area (TPSA) is 148 Å². The monoisotopic (exact) mass is 303 g/mol. The Morgan fingerprint density at radius 3 is 2.64 bits per heavy atom. The Balaban J connectivity index is 1.96. The number of hydrogen-bond acceptors (Lipinski definition) is 8. The second-order valence-corrected chi connectivity index (χ2v) is 4.48. The summed E-state index contributed by atoms with van der Waals surface area (Å²) in [6.07, 6.45) is 2.17. The highest BCUT2D eigenvalue weighted by Gasteiger charge is 2.33. The van der Waals surface area contributed by atoms with Gasteiger partial charge in [-0.2, -0.15) is 4.98 Å². The molecular weight excluding hydrogens is 294 g/mol. The molecule has 1 saturated heterocycles. The zero-order valence-electron chi connectivity index (χ0n) is 11.0. The average Bonchev–Trinajstić information content (AvgIpc) is 2.79. The number of hydrogen-bond donors (Lipinski definition) is 2. The van der Waals surface area contributed by atoms with Gasteiger partial charge in [-0.15, -0.1) is 5.06 Å². The van der Waals surface area contributed by atoms with E-state index in [0.717, 1.165) is 6.20 Å². The molecule has 0 spiro atoms. The number of hydroxylamine groups is 2. The highest BCUT2D eigenvalue weighted by Crippen LogP contribution is 2.14. The standard InChI is InChI=1S/C12H9N5O5/c13-12-15-3-5-9(20)6(4-14-10(5)16-12)11(21)22-17-7(18)1-2-8(17)19/h3-4H,1-2H2,(H3,13,14,15,16,20). The van der Waals surface area contributed by atoms with Gasteiger partial charge in [-0.05, 0) is 0 Å². The minimum atomic E-state index is -1.12. The molecule has 2 aromatic heterocycles. The lowest BCUT2D eigenvalue weighted by molar-refractivity contribution is -0.172. The Kier molecular flexibility index (Phi) is 3.05. The molecule has 0 bridgehead atoms. The van der Waals surface area contributed by atoms with Gasteiger partial charge in [-0.3, -0.25) is 14.4 Å². The van der Waals surface area contributed by atoms with Crippen molar-refractivity contribution in [2.75, 3.05) is 5.73 Å². The molecule has 3 heterocycles. The number of nitrogen functional groups attached to an aromatic ring is 1. The number of aromatic nitrogens is 3. The zero-order chi connectivity index (χ0) is 15.9. The Bertz CT molecular complexity index is 858. The van der Waals surface area contributed by atoms with E-state index in [1.807, 2.05) is 0 Å². The van der Waals surface area contributed by atoms with Crippen molar-refractivity contribution in [3.8, 4) is 0 Å². The van der Waals surface area contributed by atoms with Crippen LogP contribution in [-0.4, -0.2) is 37.8 Å². The third-order valence-corrected chi connectivity index (χ3v) is 3.05. The van der Waals surface area contributed by atoms with Crippen LogP contribution < -0.4 is 11.2 Å². The molecule has 0 atom stereocenters. The second kappa shape index (κ2) is 4.91. The van der Waals surface area contributed by atoms with Gasteiger partial charge in [-0.25, -0.2) is 9.78 Å². The van der Waals surface area contributed by atoms with Crippen LogP contribution in [0.3, 0.4) is 0 Å². The molecule has 0 unspecified atom stereocenters. The quantitative estimate of drug-likeness (QED) is 0.679. The molecule has 10 heteroatoms. The van der Waals surface area contributed by atoms with Gasteiger partial charge in [-0.1, -0.05) is 0 Å². The zero-order valence-corrected chi connectivity index (χ0v) is 11.0. The molecule has 112 valence electrons. The number of pyridine rings is 1. The normalized spacial score (nSPS) is 14.6. The van der Waals surface area contributed by atoms with Crippen molar-refractivity contribution < 1.29 is 19.2 Å². The number of carbonyl (C=O) groups excluding carboxylic acids is 3. The molecule has 0 aliphatic carbocycles. The summed E-state index contributed by atoms with van der Waals surface area (Å²) in [4.78, 5) is 61.7. The van der Waals surface area contributed by atoms with Gasteiger partial charge < -0.3 is 15.6 Å². The summed E-state index contributed by atoms with van der Waals surface area (Å²) in [5.74, 6) is -2.42. The molecule has 1 aliphatic rings. The van der Waals surface area contributed by atoms with Crippen LogP contribution in [0.15, 0.2) is 17.2 Å². The van der Waals surface area contributed by atoms with Crippen LogP contribution in [0, 0.1) is 0 Å². The fourth-order valence-electron chi connectivity index (χ4n) is 1.96. The maximum atomic E-state index is 12.2.